The number of carbonyl (C=O) groups excluding carboxylic acids is 1. The van der Waals surface area contributed by atoms with Crippen LogP contribution >= 0.6 is 11.6 Å². The van der Waals surface area contributed by atoms with Gasteiger partial charge in [-0.25, -0.2) is 0 Å². The third-order valence-electron chi connectivity index (χ3n) is 5.64. The lowest BCUT2D eigenvalue weighted by molar-refractivity contribution is 0.0628. The third kappa shape index (κ3) is 5.81. The standard InChI is InChI=1S/C26H27ClN2O3/c1-31-24-10-12-25(13-11-24)32-19-21-2-6-22(7-3-21)26(30)29-16-14-28(15-17-29)18-20-4-8-23(27)9-5-20/h2-13H,14-19H2,1H3. The summed E-state index contributed by atoms with van der Waals surface area (Å²) in [7, 11) is 1.64. The van der Waals surface area contributed by atoms with Crippen molar-refractivity contribution >= 4 is 17.5 Å². The number of amides is 1. The van der Waals surface area contributed by atoms with Gasteiger partial charge in [-0.15, -0.1) is 0 Å². The minimum absolute atomic E-state index is 0.0822. The molecule has 1 fully saturated rings. The summed E-state index contributed by atoms with van der Waals surface area (Å²) in [6.07, 6.45) is 0. The summed E-state index contributed by atoms with van der Waals surface area (Å²) in [6, 6.07) is 23.1. The summed E-state index contributed by atoms with van der Waals surface area (Å²) in [4.78, 5) is 17.2. The molecule has 0 spiro atoms. The first-order valence-corrected chi connectivity index (χ1v) is 11.1. The second kappa shape index (κ2) is 10.5. The summed E-state index contributed by atoms with van der Waals surface area (Å²) in [5.74, 6) is 1.66. The van der Waals surface area contributed by atoms with E-state index in [4.69, 9.17) is 21.1 Å². The van der Waals surface area contributed by atoms with Crippen LogP contribution in [0.4, 0.5) is 0 Å². The van der Waals surface area contributed by atoms with E-state index in [1.807, 2.05) is 65.6 Å². The van der Waals surface area contributed by atoms with Crippen molar-refractivity contribution in [2.75, 3.05) is 33.3 Å². The van der Waals surface area contributed by atoms with Gasteiger partial charge in [0.15, 0.2) is 0 Å². The Labute approximate surface area is 194 Å². The van der Waals surface area contributed by atoms with Gasteiger partial charge in [0.05, 0.1) is 7.11 Å². The van der Waals surface area contributed by atoms with E-state index in [1.54, 1.807) is 7.11 Å². The minimum Gasteiger partial charge on any atom is -0.497 e. The van der Waals surface area contributed by atoms with E-state index in [-0.39, 0.29) is 5.91 Å². The lowest BCUT2D eigenvalue weighted by atomic mass is 10.1. The van der Waals surface area contributed by atoms with Crippen molar-refractivity contribution in [1.29, 1.82) is 0 Å². The summed E-state index contributed by atoms with van der Waals surface area (Å²) in [5, 5.41) is 0.752. The van der Waals surface area contributed by atoms with Crippen LogP contribution in [-0.4, -0.2) is 49.0 Å². The van der Waals surface area contributed by atoms with E-state index in [2.05, 4.69) is 17.0 Å². The Bertz CT molecular complexity index is 1010. The first-order valence-electron chi connectivity index (χ1n) is 10.7. The van der Waals surface area contributed by atoms with Crippen molar-refractivity contribution in [1.82, 2.24) is 9.80 Å². The minimum atomic E-state index is 0.0822. The fourth-order valence-corrected chi connectivity index (χ4v) is 3.85. The van der Waals surface area contributed by atoms with Crippen LogP contribution in [0.2, 0.25) is 5.02 Å². The van der Waals surface area contributed by atoms with Crippen LogP contribution in [0.1, 0.15) is 21.5 Å². The molecule has 0 bridgehead atoms. The van der Waals surface area contributed by atoms with Crippen molar-refractivity contribution in [3.63, 3.8) is 0 Å². The maximum absolute atomic E-state index is 12.9. The molecule has 0 radical (unpaired) electrons. The molecule has 4 rings (SSSR count). The number of methoxy groups -OCH3 is 1. The zero-order chi connectivity index (χ0) is 22.3. The largest absolute Gasteiger partial charge is 0.497 e. The van der Waals surface area contributed by atoms with Gasteiger partial charge in [-0.2, -0.15) is 0 Å². The van der Waals surface area contributed by atoms with Crippen LogP contribution in [0.15, 0.2) is 72.8 Å². The Hall–Kier alpha value is -3.02. The molecule has 5 nitrogen and oxygen atoms in total. The molecule has 166 valence electrons. The van der Waals surface area contributed by atoms with Crippen molar-refractivity contribution < 1.29 is 14.3 Å². The highest BCUT2D eigenvalue weighted by molar-refractivity contribution is 6.30. The van der Waals surface area contributed by atoms with Gasteiger partial charge in [-0.1, -0.05) is 35.9 Å². The second-order valence-corrected chi connectivity index (χ2v) is 8.29. The molecule has 0 aromatic heterocycles. The molecular formula is C26H27ClN2O3. The highest BCUT2D eigenvalue weighted by atomic mass is 35.5. The SMILES string of the molecule is COc1ccc(OCc2ccc(C(=O)N3CCN(Cc4ccc(Cl)cc4)CC3)cc2)cc1. The van der Waals surface area contributed by atoms with Gasteiger partial charge < -0.3 is 14.4 Å². The van der Waals surface area contributed by atoms with Crippen LogP contribution in [0, 0.1) is 0 Å². The smallest absolute Gasteiger partial charge is 0.253 e. The van der Waals surface area contributed by atoms with Crippen LogP contribution in [0.3, 0.4) is 0 Å². The maximum Gasteiger partial charge on any atom is 0.253 e. The highest BCUT2D eigenvalue weighted by Crippen LogP contribution is 2.19. The van der Waals surface area contributed by atoms with Crippen molar-refractivity contribution in [2.45, 2.75) is 13.2 Å². The lowest BCUT2D eigenvalue weighted by Gasteiger charge is -2.34. The fourth-order valence-electron chi connectivity index (χ4n) is 3.72. The molecule has 3 aromatic rings. The second-order valence-electron chi connectivity index (χ2n) is 7.86. The number of carbonyl (C=O) groups is 1. The first kappa shape index (κ1) is 22.2. The number of hydrogen-bond donors (Lipinski definition) is 0. The summed E-state index contributed by atoms with van der Waals surface area (Å²) in [6.45, 7) is 4.51. The lowest BCUT2D eigenvalue weighted by Crippen LogP contribution is -2.48. The van der Waals surface area contributed by atoms with Crippen molar-refractivity contribution in [3.8, 4) is 11.5 Å². The molecule has 6 heteroatoms. The monoisotopic (exact) mass is 450 g/mol. The quantitative estimate of drug-likeness (QED) is 0.514. The predicted molar refractivity (Wildman–Crippen MR) is 126 cm³/mol. The van der Waals surface area contributed by atoms with Crippen LogP contribution in [0.5, 0.6) is 11.5 Å². The average molecular weight is 451 g/mol. The van der Waals surface area contributed by atoms with E-state index >= 15 is 0 Å². The first-order chi connectivity index (χ1) is 15.6. The number of benzene rings is 3. The fraction of sp³-hybridized carbons (Fsp3) is 0.269. The summed E-state index contributed by atoms with van der Waals surface area (Å²) >= 11 is 5.96. The number of nitrogens with zero attached hydrogens (tertiary/aromatic N) is 2. The van der Waals surface area contributed by atoms with Gasteiger partial charge in [0.1, 0.15) is 18.1 Å². The van der Waals surface area contributed by atoms with Crippen molar-refractivity contribution in [3.05, 3.63) is 94.5 Å². The molecule has 1 aliphatic heterocycles. The Kier molecular flexibility index (Phi) is 7.30. The maximum atomic E-state index is 12.9. The molecular weight excluding hydrogens is 424 g/mol. The van der Waals surface area contributed by atoms with Crippen LogP contribution < -0.4 is 9.47 Å². The Morgan fingerprint density at radius 1 is 0.812 bits per heavy atom. The molecule has 1 amide bonds. The average Bonchev–Trinajstić information content (AvgIpc) is 2.85. The van der Waals surface area contributed by atoms with E-state index in [0.29, 0.717) is 12.2 Å². The Balaban J connectivity index is 1.25. The highest BCUT2D eigenvalue weighted by Gasteiger charge is 2.22. The molecule has 1 heterocycles. The van der Waals surface area contributed by atoms with E-state index < -0.39 is 0 Å². The van der Waals surface area contributed by atoms with Gasteiger partial charge in [0.25, 0.3) is 5.91 Å². The molecule has 0 aliphatic carbocycles. The van der Waals surface area contributed by atoms with Gasteiger partial charge >= 0.3 is 0 Å². The Morgan fingerprint density at radius 2 is 1.41 bits per heavy atom. The van der Waals surface area contributed by atoms with Gasteiger partial charge in [0, 0.05) is 43.3 Å². The normalized spacial score (nSPS) is 14.2. The number of halogens is 1. The van der Waals surface area contributed by atoms with E-state index in [9.17, 15) is 4.79 Å². The van der Waals surface area contributed by atoms with Crippen molar-refractivity contribution in [2.24, 2.45) is 0 Å². The Morgan fingerprint density at radius 3 is 2.03 bits per heavy atom. The molecule has 32 heavy (non-hydrogen) atoms. The van der Waals surface area contributed by atoms with Gasteiger partial charge in [0.2, 0.25) is 0 Å². The zero-order valence-electron chi connectivity index (χ0n) is 18.2. The summed E-state index contributed by atoms with van der Waals surface area (Å²) in [5.41, 5.74) is 2.97. The molecule has 0 unspecified atom stereocenters. The van der Waals surface area contributed by atoms with E-state index in [0.717, 1.165) is 54.8 Å². The number of rotatable bonds is 7. The molecule has 0 atom stereocenters. The zero-order valence-corrected chi connectivity index (χ0v) is 18.9. The van der Waals surface area contributed by atoms with Crippen LogP contribution in [0.25, 0.3) is 0 Å². The number of ether oxygens (including phenoxy) is 2. The van der Waals surface area contributed by atoms with E-state index in [1.165, 1.54) is 5.56 Å². The molecule has 1 aliphatic rings. The van der Waals surface area contributed by atoms with Crippen LogP contribution in [-0.2, 0) is 13.2 Å². The summed E-state index contributed by atoms with van der Waals surface area (Å²) < 4.78 is 11.0. The third-order valence-corrected chi connectivity index (χ3v) is 5.90. The number of hydrogen-bond acceptors (Lipinski definition) is 4. The topological polar surface area (TPSA) is 42.0 Å². The molecule has 0 N–H and O–H groups in total. The van der Waals surface area contributed by atoms with Gasteiger partial charge in [-0.3, -0.25) is 9.69 Å². The predicted octanol–water partition coefficient (Wildman–Crippen LogP) is 4.89. The van der Waals surface area contributed by atoms with Gasteiger partial charge in [-0.05, 0) is 59.7 Å². The number of piperazine rings is 1. The molecule has 0 saturated carbocycles. The molecule has 3 aromatic carbocycles. The molecule has 1 saturated heterocycles.